The average molecular weight is 447 g/mol. The molecule has 1 aromatic heterocycles. The highest BCUT2D eigenvalue weighted by Gasteiger charge is 2.31. The van der Waals surface area contributed by atoms with Crippen molar-refractivity contribution in [1.29, 1.82) is 0 Å². The zero-order valence-electron chi connectivity index (χ0n) is 17.1. The Balaban J connectivity index is 0.00000231. The van der Waals surface area contributed by atoms with Crippen molar-refractivity contribution >= 4 is 12.4 Å². The lowest BCUT2D eigenvalue weighted by atomic mass is 10.0. The first-order valence-corrected chi connectivity index (χ1v) is 10.0. The Morgan fingerprint density at radius 2 is 1.81 bits per heavy atom. The van der Waals surface area contributed by atoms with Crippen molar-refractivity contribution in [3.05, 3.63) is 65.2 Å². The fourth-order valence-electron chi connectivity index (χ4n) is 4.01. The van der Waals surface area contributed by atoms with E-state index < -0.39 is 0 Å². The molecule has 0 bridgehead atoms. The second-order valence-corrected chi connectivity index (χ2v) is 7.65. The summed E-state index contributed by atoms with van der Waals surface area (Å²) in [6, 6.07) is 12.3. The minimum absolute atomic E-state index is 0. The number of piperazine rings is 1. The van der Waals surface area contributed by atoms with Gasteiger partial charge in [0.2, 0.25) is 6.79 Å². The number of halogens is 2. The van der Waals surface area contributed by atoms with E-state index in [1.165, 1.54) is 6.07 Å². The number of likely N-dealkylation sites (N-methyl/N-ethyl adjacent to an activating group) is 1. The highest BCUT2D eigenvalue weighted by atomic mass is 35.5. The van der Waals surface area contributed by atoms with Crippen LogP contribution in [0.5, 0.6) is 11.5 Å². The lowest BCUT2D eigenvalue weighted by molar-refractivity contribution is 0.120. The van der Waals surface area contributed by atoms with Crippen molar-refractivity contribution in [2.24, 2.45) is 0 Å². The van der Waals surface area contributed by atoms with Gasteiger partial charge in [-0.3, -0.25) is 4.90 Å². The molecule has 1 unspecified atom stereocenters. The summed E-state index contributed by atoms with van der Waals surface area (Å²) >= 11 is 0. The Kier molecular flexibility index (Phi) is 6.35. The van der Waals surface area contributed by atoms with Crippen molar-refractivity contribution in [2.75, 3.05) is 40.0 Å². The first kappa shape index (κ1) is 21.5. The fraction of sp³-hybridized carbons (Fsp3) is 0.381. The molecule has 0 N–H and O–H groups in total. The number of nitrogens with zero attached hydrogens (tertiary/aromatic N) is 6. The van der Waals surface area contributed by atoms with Crippen LogP contribution in [0.3, 0.4) is 0 Å². The molecule has 3 heterocycles. The van der Waals surface area contributed by atoms with Crippen LogP contribution in [0.4, 0.5) is 4.39 Å². The summed E-state index contributed by atoms with van der Waals surface area (Å²) in [6.07, 6.45) is 0. The van der Waals surface area contributed by atoms with Gasteiger partial charge in [0.25, 0.3) is 0 Å². The van der Waals surface area contributed by atoms with Gasteiger partial charge in [-0.15, -0.1) is 17.5 Å². The van der Waals surface area contributed by atoms with Crippen LogP contribution in [-0.2, 0) is 6.54 Å². The predicted octanol–water partition coefficient (Wildman–Crippen LogP) is 2.35. The van der Waals surface area contributed by atoms with Gasteiger partial charge in [-0.05, 0) is 41.2 Å². The molecule has 1 fully saturated rings. The van der Waals surface area contributed by atoms with E-state index in [-0.39, 0.29) is 31.1 Å². The Morgan fingerprint density at radius 3 is 2.61 bits per heavy atom. The average Bonchev–Trinajstić information content (AvgIpc) is 3.40. The molecular formula is C21H24ClFN6O2. The maximum absolute atomic E-state index is 14.8. The van der Waals surface area contributed by atoms with E-state index in [1.54, 1.807) is 10.7 Å². The molecule has 0 saturated carbocycles. The van der Waals surface area contributed by atoms with Crippen LogP contribution >= 0.6 is 12.4 Å². The van der Waals surface area contributed by atoms with Crippen molar-refractivity contribution in [3.8, 4) is 11.5 Å². The molecule has 164 valence electrons. The summed E-state index contributed by atoms with van der Waals surface area (Å²) in [5, 5.41) is 12.5. The van der Waals surface area contributed by atoms with E-state index >= 15 is 0 Å². The zero-order chi connectivity index (χ0) is 20.5. The Hall–Kier alpha value is -2.75. The smallest absolute Gasteiger partial charge is 0.231 e. The molecule has 2 aliphatic heterocycles. The van der Waals surface area contributed by atoms with Gasteiger partial charge in [0.15, 0.2) is 17.3 Å². The molecule has 0 aliphatic carbocycles. The highest BCUT2D eigenvalue weighted by molar-refractivity contribution is 5.85. The number of hydrogen-bond donors (Lipinski definition) is 0. The number of tetrazole rings is 1. The van der Waals surface area contributed by atoms with Gasteiger partial charge in [-0.25, -0.2) is 9.07 Å². The molecule has 0 radical (unpaired) electrons. The number of hydrogen-bond acceptors (Lipinski definition) is 7. The Morgan fingerprint density at radius 1 is 1.03 bits per heavy atom. The van der Waals surface area contributed by atoms with Gasteiger partial charge in [0.1, 0.15) is 11.9 Å². The summed E-state index contributed by atoms with van der Waals surface area (Å²) in [6.45, 7) is 4.13. The normalized spacial score (nSPS) is 17.4. The van der Waals surface area contributed by atoms with Crippen molar-refractivity contribution in [2.45, 2.75) is 12.6 Å². The topological polar surface area (TPSA) is 68.5 Å². The third-order valence-electron chi connectivity index (χ3n) is 5.68. The van der Waals surface area contributed by atoms with Gasteiger partial charge in [0.05, 0.1) is 6.54 Å². The van der Waals surface area contributed by atoms with Gasteiger partial charge in [-0.2, -0.15) is 0 Å². The molecule has 5 rings (SSSR count). The SMILES string of the molecule is CN1CCN(C(c2ccccc2F)c2nnnn2Cc2ccc3c(c2)OCO3)CC1.Cl. The van der Waals surface area contributed by atoms with Crippen LogP contribution in [0.2, 0.25) is 0 Å². The number of rotatable bonds is 5. The second kappa shape index (κ2) is 9.17. The lowest BCUT2D eigenvalue weighted by Gasteiger charge is -2.37. The monoisotopic (exact) mass is 446 g/mol. The molecule has 2 aromatic carbocycles. The maximum atomic E-state index is 14.8. The van der Waals surface area contributed by atoms with Crippen LogP contribution in [0.1, 0.15) is 23.0 Å². The van der Waals surface area contributed by atoms with E-state index in [0.29, 0.717) is 23.7 Å². The van der Waals surface area contributed by atoms with E-state index in [9.17, 15) is 4.39 Å². The van der Waals surface area contributed by atoms with Crippen LogP contribution in [0.15, 0.2) is 42.5 Å². The van der Waals surface area contributed by atoms with Crippen molar-refractivity contribution < 1.29 is 13.9 Å². The van der Waals surface area contributed by atoms with E-state index in [0.717, 1.165) is 37.5 Å². The third kappa shape index (κ3) is 4.34. The van der Waals surface area contributed by atoms with E-state index in [1.807, 2.05) is 30.3 Å². The van der Waals surface area contributed by atoms with Crippen LogP contribution in [-0.4, -0.2) is 70.0 Å². The molecule has 10 heteroatoms. The van der Waals surface area contributed by atoms with Gasteiger partial charge >= 0.3 is 0 Å². The van der Waals surface area contributed by atoms with Gasteiger partial charge < -0.3 is 14.4 Å². The van der Waals surface area contributed by atoms with Crippen LogP contribution in [0, 0.1) is 5.82 Å². The molecular weight excluding hydrogens is 423 g/mol. The minimum atomic E-state index is -0.357. The molecule has 1 saturated heterocycles. The van der Waals surface area contributed by atoms with Gasteiger partial charge in [0, 0.05) is 31.7 Å². The molecule has 2 aliphatic rings. The quantitative estimate of drug-likeness (QED) is 0.596. The number of ether oxygens (including phenoxy) is 2. The molecule has 1 atom stereocenters. The summed E-state index contributed by atoms with van der Waals surface area (Å²) in [5.41, 5.74) is 1.57. The summed E-state index contributed by atoms with van der Waals surface area (Å²) in [7, 11) is 2.10. The molecule has 8 nitrogen and oxygen atoms in total. The summed E-state index contributed by atoms with van der Waals surface area (Å²) in [4.78, 5) is 4.52. The largest absolute Gasteiger partial charge is 0.454 e. The minimum Gasteiger partial charge on any atom is -0.454 e. The second-order valence-electron chi connectivity index (χ2n) is 7.65. The summed E-state index contributed by atoms with van der Waals surface area (Å²) in [5.74, 6) is 1.82. The zero-order valence-corrected chi connectivity index (χ0v) is 18.0. The Bertz CT molecular complexity index is 1040. The standard InChI is InChI=1S/C21H23FN6O2.ClH/c1-26-8-10-27(11-9-26)20(16-4-2-3-5-17(16)22)21-23-24-25-28(21)13-15-6-7-18-19(12-15)30-14-29-18;/h2-7,12,20H,8-11,13-14H2,1H3;1H. The Labute approximate surface area is 186 Å². The fourth-order valence-corrected chi connectivity index (χ4v) is 4.01. The first-order valence-electron chi connectivity index (χ1n) is 10.0. The third-order valence-corrected chi connectivity index (χ3v) is 5.68. The van der Waals surface area contributed by atoms with E-state index in [2.05, 4.69) is 32.4 Å². The number of benzene rings is 2. The molecule has 0 amide bonds. The van der Waals surface area contributed by atoms with Crippen LogP contribution < -0.4 is 9.47 Å². The summed E-state index contributed by atoms with van der Waals surface area (Å²) < 4.78 is 27.4. The number of fused-ring (bicyclic) bond motifs is 1. The molecule has 0 spiro atoms. The maximum Gasteiger partial charge on any atom is 0.231 e. The molecule has 3 aromatic rings. The van der Waals surface area contributed by atoms with Gasteiger partial charge in [-0.1, -0.05) is 24.3 Å². The number of aromatic nitrogens is 4. The van der Waals surface area contributed by atoms with Crippen molar-refractivity contribution in [3.63, 3.8) is 0 Å². The highest BCUT2D eigenvalue weighted by Crippen LogP contribution is 2.34. The van der Waals surface area contributed by atoms with E-state index in [4.69, 9.17) is 9.47 Å². The molecule has 31 heavy (non-hydrogen) atoms. The first-order chi connectivity index (χ1) is 14.7. The lowest BCUT2D eigenvalue weighted by Crippen LogP contribution is -2.47. The van der Waals surface area contributed by atoms with Crippen LogP contribution in [0.25, 0.3) is 0 Å². The predicted molar refractivity (Wildman–Crippen MR) is 114 cm³/mol. The van der Waals surface area contributed by atoms with Crippen molar-refractivity contribution in [1.82, 2.24) is 30.0 Å².